The summed E-state index contributed by atoms with van der Waals surface area (Å²) >= 11 is 0. The van der Waals surface area contributed by atoms with Crippen molar-refractivity contribution in [3.63, 3.8) is 0 Å². The number of aromatic nitrogens is 2. The number of hydrogen-bond donors (Lipinski definition) is 1. The fourth-order valence-corrected chi connectivity index (χ4v) is 1.56. The van der Waals surface area contributed by atoms with Crippen LogP contribution in [0, 0.1) is 0 Å². The molecule has 0 aliphatic rings. The summed E-state index contributed by atoms with van der Waals surface area (Å²) in [7, 11) is 0. The highest BCUT2D eigenvalue weighted by Crippen LogP contribution is 2.22. The lowest BCUT2D eigenvalue weighted by Gasteiger charge is -2.16. The third-order valence-electron chi connectivity index (χ3n) is 2.22. The van der Waals surface area contributed by atoms with Gasteiger partial charge in [0.25, 0.3) is 0 Å². The highest BCUT2D eigenvalue weighted by Gasteiger charge is 2.19. The van der Waals surface area contributed by atoms with Crippen LogP contribution in [0.25, 0.3) is 5.52 Å². The predicted octanol–water partition coefficient (Wildman–Crippen LogP) is 2.21. The van der Waals surface area contributed by atoms with Gasteiger partial charge in [0.1, 0.15) is 5.82 Å². The zero-order chi connectivity index (χ0) is 10.3. The largest absolute Gasteiger partial charge is 0.398 e. The first kappa shape index (κ1) is 9.06. The summed E-state index contributed by atoms with van der Waals surface area (Å²) in [5.74, 6) is 1.04. The van der Waals surface area contributed by atoms with E-state index in [2.05, 4.69) is 30.2 Å². The van der Waals surface area contributed by atoms with Crippen molar-refractivity contribution in [1.29, 1.82) is 0 Å². The van der Waals surface area contributed by atoms with E-state index in [-0.39, 0.29) is 5.41 Å². The molecular weight excluding hydrogens is 174 g/mol. The van der Waals surface area contributed by atoms with Crippen LogP contribution >= 0.6 is 0 Å². The van der Waals surface area contributed by atoms with E-state index in [9.17, 15) is 0 Å². The molecular formula is C11H15N3. The maximum Gasteiger partial charge on any atom is 0.118 e. The van der Waals surface area contributed by atoms with Crippen LogP contribution in [-0.4, -0.2) is 9.38 Å². The monoisotopic (exact) mass is 189 g/mol. The van der Waals surface area contributed by atoms with Gasteiger partial charge in [-0.25, -0.2) is 4.98 Å². The molecule has 2 aromatic rings. The van der Waals surface area contributed by atoms with Gasteiger partial charge in [0.2, 0.25) is 0 Å². The molecule has 0 saturated carbocycles. The van der Waals surface area contributed by atoms with Crippen LogP contribution in [0.1, 0.15) is 26.6 Å². The molecule has 2 rings (SSSR count). The van der Waals surface area contributed by atoms with Gasteiger partial charge in [-0.05, 0) is 12.1 Å². The molecule has 2 aromatic heterocycles. The molecule has 14 heavy (non-hydrogen) atoms. The minimum Gasteiger partial charge on any atom is -0.398 e. The third kappa shape index (κ3) is 1.35. The zero-order valence-corrected chi connectivity index (χ0v) is 8.78. The summed E-state index contributed by atoms with van der Waals surface area (Å²) in [6.07, 6.45) is 3.79. The maximum absolute atomic E-state index is 5.75. The minimum absolute atomic E-state index is 0.0419. The Hall–Kier alpha value is -1.51. The second-order valence-corrected chi connectivity index (χ2v) is 4.59. The highest BCUT2D eigenvalue weighted by molar-refractivity contribution is 5.52. The molecule has 3 heteroatoms. The number of nitrogen functional groups attached to an aromatic ring is 1. The lowest BCUT2D eigenvalue weighted by molar-refractivity contribution is 0.543. The van der Waals surface area contributed by atoms with Crippen LogP contribution in [0.4, 0.5) is 5.69 Å². The zero-order valence-electron chi connectivity index (χ0n) is 8.78. The number of pyridine rings is 1. The molecule has 3 nitrogen and oxygen atoms in total. The molecule has 0 fully saturated rings. The highest BCUT2D eigenvalue weighted by atomic mass is 15.0. The van der Waals surface area contributed by atoms with Crippen LogP contribution in [-0.2, 0) is 5.41 Å². The second kappa shape index (κ2) is 2.74. The van der Waals surface area contributed by atoms with Gasteiger partial charge in [0.15, 0.2) is 0 Å². The van der Waals surface area contributed by atoms with Gasteiger partial charge in [0.05, 0.1) is 11.7 Å². The first-order valence-corrected chi connectivity index (χ1v) is 4.71. The van der Waals surface area contributed by atoms with E-state index >= 15 is 0 Å². The molecule has 2 N–H and O–H groups in total. The topological polar surface area (TPSA) is 43.3 Å². The van der Waals surface area contributed by atoms with Gasteiger partial charge >= 0.3 is 0 Å². The Morgan fingerprint density at radius 2 is 2.00 bits per heavy atom. The van der Waals surface area contributed by atoms with Crippen LogP contribution < -0.4 is 5.73 Å². The van der Waals surface area contributed by atoms with Crippen LogP contribution in [0.3, 0.4) is 0 Å². The molecule has 2 heterocycles. The SMILES string of the molecule is CC(C)(C)c1ncc2ccc(N)cn12. The van der Waals surface area contributed by atoms with Crippen molar-refractivity contribution in [1.82, 2.24) is 9.38 Å². The molecule has 0 bridgehead atoms. The van der Waals surface area contributed by atoms with E-state index in [1.165, 1.54) is 0 Å². The first-order chi connectivity index (χ1) is 6.48. The van der Waals surface area contributed by atoms with Gasteiger partial charge < -0.3 is 10.1 Å². The first-order valence-electron chi connectivity index (χ1n) is 4.71. The summed E-state index contributed by atoms with van der Waals surface area (Å²) in [4.78, 5) is 4.42. The molecule has 0 amide bonds. The summed E-state index contributed by atoms with van der Waals surface area (Å²) in [5.41, 5.74) is 7.64. The summed E-state index contributed by atoms with van der Waals surface area (Å²) in [6.45, 7) is 6.43. The Morgan fingerprint density at radius 3 is 2.64 bits per heavy atom. The fourth-order valence-electron chi connectivity index (χ4n) is 1.56. The lowest BCUT2D eigenvalue weighted by Crippen LogP contribution is -2.15. The van der Waals surface area contributed by atoms with E-state index in [1.807, 2.05) is 24.5 Å². The summed E-state index contributed by atoms with van der Waals surface area (Å²) in [5, 5.41) is 0. The smallest absolute Gasteiger partial charge is 0.118 e. The van der Waals surface area contributed by atoms with Gasteiger partial charge in [-0.15, -0.1) is 0 Å². The number of rotatable bonds is 0. The number of nitrogens with zero attached hydrogens (tertiary/aromatic N) is 2. The van der Waals surface area contributed by atoms with Gasteiger partial charge in [-0.2, -0.15) is 0 Å². The fraction of sp³-hybridized carbons (Fsp3) is 0.364. The molecule has 0 aliphatic carbocycles. The summed E-state index contributed by atoms with van der Waals surface area (Å²) in [6, 6.07) is 3.88. The number of nitrogens with two attached hydrogens (primary N) is 1. The summed E-state index contributed by atoms with van der Waals surface area (Å²) < 4.78 is 2.05. The quantitative estimate of drug-likeness (QED) is 0.690. The molecule has 0 saturated heterocycles. The number of hydrogen-bond acceptors (Lipinski definition) is 2. The van der Waals surface area contributed by atoms with Crippen molar-refractivity contribution in [3.8, 4) is 0 Å². The Morgan fingerprint density at radius 1 is 1.29 bits per heavy atom. The van der Waals surface area contributed by atoms with E-state index in [0.29, 0.717) is 0 Å². The molecule has 0 aliphatic heterocycles. The predicted molar refractivity (Wildman–Crippen MR) is 58.3 cm³/mol. The Bertz CT molecular complexity index is 463. The maximum atomic E-state index is 5.75. The lowest BCUT2D eigenvalue weighted by atomic mass is 9.96. The van der Waals surface area contributed by atoms with Crippen molar-refractivity contribution in [2.24, 2.45) is 0 Å². The number of fused-ring (bicyclic) bond motifs is 1. The molecule has 0 spiro atoms. The van der Waals surface area contributed by atoms with E-state index in [0.717, 1.165) is 17.0 Å². The van der Waals surface area contributed by atoms with Gasteiger partial charge in [-0.3, -0.25) is 0 Å². The number of imidazole rings is 1. The van der Waals surface area contributed by atoms with Crippen molar-refractivity contribution in [2.75, 3.05) is 5.73 Å². The molecule has 0 radical (unpaired) electrons. The van der Waals surface area contributed by atoms with Crippen molar-refractivity contribution in [2.45, 2.75) is 26.2 Å². The Labute approximate surface area is 83.6 Å². The molecule has 0 unspecified atom stereocenters. The molecule has 74 valence electrons. The normalized spacial score (nSPS) is 12.2. The van der Waals surface area contributed by atoms with Gasteiger partial charge in [-0.1, -0.05) is 20.8 Å². The second-order valence-electron chi connectivity index (χ2n) is 4.59. The van der Waals surface area contributed by atoms with Crippen molar-refractivity contribution in [3.05, 3.63) is 30.4 Å². The van der Waals surface area contributed by atoms with Crippen LogP contribution in [0.5, 0.6) is 0 Å². The van der Waals surface area contributed by atoms with Gasteiger partial charge in [0, 0.05) is 17.3 Å². The average molecular weight is 189 g/mol. The van der Waals surface area contributed by atoms with E-state index in [4.69, 9.17) is 5.73 Å². The van der Waals surface area contributed by atoms with Crippen LogP contribution in [0.15, 0.2) is 24.5 Å². The average Bonchev–Trinajstić information content (AvgIpc) is 2.45. The van der Waals surface area contributed by atoms with E-state index in [1.54, 1.807) is 0 Å². The van der Waals surface area contributed by atoms with Crippen LogP contribution in [0.2, 0.25) is 0 Å². The Kier molecular flexibility index (Phi) is 1.77. The minimum atomic E-state index is 0.0419. The number of anilines is 1. The Balaban J connectivity index is 2.73. The molecule has 0 aromatic carbocycles. The standard InChI is InChI=1S/C11H15N3/c1-11(2,3)10-13-6-9-5-4-8(12)7-14(9)10/h4-7H,12H2,1-3H3. The van der Waals surface area contributed by atoms with E-state index < -0.39 is 0 Å². The third-order valence-corrected chi connectivity index (χ3v) is 2.22. The van der Waals surface area contributed by atoms with Crippen molar-refractivity contribution < 1.29 is 0 Å². The molecule has 0 atom stereocenters. The van der Waals surface area contributed by atoms with Crippen molar-refractivity contribution >= 4 is 11.2 Å².